The number of carbonyl (C=O) groups excluding carboxylic acids is 1. The number of Topliss-reactive ketones (excluding diaryl/α,β-unsaturated/α-hetero) is 1. The van der Waals surface area contributed by atoms with Crippen LogP contribution in [0, 0.1) is 6.92 Å². The molecule has 6 rings (SSSR count). The minimum absolute atomic E-state index is 0.0140. The molecule has 270 valence electrons. The van der Waals surface area contributed by atoms with Gasteiger partial charge in [-0.3, -0.25) is 4.79 Å². The Kier molecular flexibility index (Phi) is 10.7. The summed E-state index contributed by atoms with van der Waals surface area (Å²) < 4.78 is 11.9. The van der Waals surface area contributed by atoms with Crippen LogP contribution in [0.3, 0.4) is 0 Å². The van der Waals surface area contributed by atoms with Crippen molar-refractivity contribution in [3.8, 4) is 17.2 Å². The Morgan fingerprint density at radius 1 is 0.824 bits per heavy atom. The minimum Gasteiger partial charge on any atom is -0.507 e. The molecule has 2 fully saturated rings. The molecule has 1 aliphatic heterocycles. The Hall–Kier alpha value is -4.52. The van der Waals surface area contributed by atoms with Crippen molar-refractivity contribution in [2.75, 3.05) is 0 Å². The van der Waals surface area contributed by atoms with E-state index >= 15 is 0 Å². The lowest BCUT2D eigenvalue weighted by Crippen LogP contribution is -2.65. The Morgan fingerprint density at radius 2 is 1.47 bits per heavy atom. The summed E-state index contributed by atoms with van der Waals surface area (Å²) in [5, 5.41) is 76.4. The van der Waals surface area contributed by atoms with Crippen LogP contribution >= 0.6 is 0 Å². The predicted octanol–water partition coefficient (Wildman–Crippen LogP) is 4.74. The Labute approximate surface area is 295 Å². The van der Waals surface area contributed by atoms with Crippen LogP contribution in [-0.4, -0.2) is 83.8 Å². The largest absolute Gasteiger partial charge is 0.507 e. The van der Waals surface area contributed by atoms with Gasteiger partial charge in [0, 0.05) is 17.4 Å². The summed E-state index contributed by atoms with van der Waals surface area (Å²) in [6.45, 7) is 1.45. The van der Waals surface area contributed by atoms with Gasteiger partial charge in [0.05, 0.1) is 22.1 Å². The molecule has 0 aromatic heterocycles. The van der Waals surface area contributed by atoms with E-state index in [9.17, 15) is 45.3 Å². The van der Waals surface area contributed by atoms with E-state index in [2.05, 4.69) is 12.1 Å². The summed E-state index contributed by atoms with van der Waals surface area (Å²) in [5.41, 5.74) is 1.25. The number of ketones is 1. The van der Waals surface area contributed by atoms with E-state index in [4.69, 9.17) is 9.47 Å². The van der Waals surface area contributed by atoms with Crippen LogP contribution in [0.25, 0.3) is 10.8 Å². The van der Waals surface area contributed by atoms with Crippen molar-refractivity contribution >= 4 is 22.5 Å². The summed E-state index contributed by atoms with van der Waals surface area (Å²) in [7, 11) is 0. The monoisotopic (exact) mass is 700 g/mol. The fourth-order valence-electron chi connectivity index (χ4n) is 7.53. The third-order valence-electron chi connectivity index (χ3n) is 10.4. The number of fused-ring (bicyclic) bond motifs is 1. The maximum Gasteiger partial charge on any atom is 0.335 e. The number of aliphatic hydroxyl groups is 4. The molecule has 11 heteroatoms. The van der Waals surface area contributed by atoms with Gasteiger partial charge in [-0.05, 0) is 67.9 Å². The number of aromatic hydroxyl groups is 2. The summed E-state index contributed by atoms with van der Waals surface area (Å²) in [6.07, 6.45) is -3.74. The van der Waals surface area contributed by atoms with Crippen molar-refractivity contribution < 1.29 is 54.8 Å². The van der Waals surface area contributed by atoms with Crippen molar-refractivity contribution in [2.24, 2.45) is 0 Å². The molecule has 1 heterocycles. The lowest BCUT2D eigenvalue weighted by molar-refractivity contribution is -0.308. The van der Waals surface area contributed by atoms with Gasteiger partial charge in [-0.15, -0.1) is 0 Å². The molecule has 4 aromatic rings. The molecule has 0 unspecified atom stereocenters. The first-order valence-corrected chi connectivity index (χ1v) is 17.4. The first-order chi connectivity index (χ1) is 24.4. The predicted molar refractivity (Wildman–Crippen MR) is 187 cm³/mol. The van der Waals surface area contributed by atoms with Crippen LogP contribution in [0.4, 0.5) is 0 Å². The number of carboxylic acids is 1. The highest BCUT2D eigenvalue weighted by molar-refractivity contribution is 6.11. The molecule has 5 atom stereocenters. The van der Waals surface area contributed by atoms with Crippen LogP contribution in [0.5, 0.6) is 17.2 Å². The number of benzene rings is 4. The molecule has 51 heavy (non-hydrogen) atoms. The third kappa shape index (κ3) is 7.31. The molecule has 1 aliphatic carbocycles. The number of aromatic carboxylic acids is 1. The second kappa shape index (κ2) is 15.0. The summed E-state index contributed by atoms with van der Waals surface area (Å²) in [5.74, 6) is -3.24. The average Bonchev–Trinajstić information content (AvgIpc) is 3.13. The molecule has 7 N–H and O–H groups in total. The summed E-state index contributed by atoms with van der Waals surface area (Å²) >= 11 is 0. The summed E-state index contributed by atoms with van der Waals surface area (Å²) in [6, 6.07) is 20.1. The number of phenolic OH excluding ortho intramolecular Hbond substituents is 2. The zero-order valence-corrected chi connectivity index (χ0v) is 28.4. The van der Waals surface area contributed by atoms with Crippen LogP contribution in [0.1, 0.15) is 81.5 Å². The van der Waals surface area contributed by atoms with E-state index in [1.54, 1.807) is 0 Å². The Bertz CT molecular complexity index is 1900. The SMILES string of the molecule is Cc1c(C(=O)CCc2ccccc2CCc2ccccc2)c(O)c2c(O[C@H]3O[C@H](C4(O)CCCCC4)[C@@H](O)[C@H](O)[C@H]3O)cc(C(=O)O)cc2c1O. The fraction of sp³-hybridized carbons (Fsp3) is 0.400. The average molecular weight is 701 g/mol. The third-order valence-corrected chi connectivity index (χ3v) is 10.4. The summed E-state index contributed by atoms with van der Waals surface area (Å²) in [4.78, 5) is 26.0. The zero-order chi connectivity index (χ0) is 36.4. The standard InChI is InChI=1S/C40H44O11/c1-22-30(28(41)17-16-25-13-7-6-12-24(25)15-14-23-10-4-2-5-11-23)33(43)31-27(32(22)42)20-26(38(47)48)21-29(31)50-39-36(46)34(44)35(45)37(51-39)40(49)18-8-3-9-19-40/h2,4-7,10-13,20-21,34-37,39,42-46,49H,3,8-9,14-19H2,1H3,(H,47,48)/t34-,35-,36+,37-,39-/m0/s1. The first-order valence-electron chi connectivity index (χ1n) is 17.4. The van der Waals surface area contributed by atoms with Gasteiger partial charge < -0.3 is 45.2 Å². The fourth-order valence-corrected chi connectivity index (χ4v) is 7.53. The molecule has 1 saturated heterocycles. The van der Waals surface area contributed by atoms with Crippen molar-refractivity contribution in [3.05, 3.63) is 100 Å². The van der Waals surface area contributed by atoms with Crippen LogP contribution in [0.2, 0.25) is 0 Å². The molecular weight excluding hydrogens is 656 g/mol. The maximum absolute atomic E-state index is 13.8. The van der Waals surface area contributed by atoms with Crippen molar-refractivity contribution in [2.45, 2.75) is 101 Å². The van der Waals surface area contributed by atoms with E-state index in [1.165, 1.54) is 12.5 Å². The highest BCUT2D eigenvalue weighted by atomic mass is 16.7. The van der Waals surface area contributed by atoms with Gasteiger partial charge in [-0.25, -0.2) is 4.79 Å². The number of hydrogen-bond donors (Lipinski definition) is 7. The van der Waals surface area contributed by atoms with Gasteiger partial charge in [0.25, 0.3) is 0 Å². The van der Waals surface area contributed by atoms with Gasteiger partial charge in [0.1, 0.15) is 41.7 Å². The van der Waals surface area contributed by atoms with Gasteiger partial charge in [0.15, 0.2) is 5.78 Å². The number of carboxylic acid groups (broad SMARTS) is 1. The molecular formula is C40H44O11. The number of rotatable bonds is 11. The van der Waals surface area contributed by atoms with Crippen molar-refractivity contribution in [1.29, 1.82) is 0 Å². The number of aryl methyl sites for hydroxylation is 3. The number of carbonyl (C=O) groups is 2. The molecule has 0 spiro atoms. The van der Waals surface area contributed by atoms with Gasteiger partial charge in [-0.2, -0.15) is 0 Å². The minimum atomic E-state index is -1.85. The van der Waals surface area contributed by atoms with E-state index in [-0.39, 0.29) is 52.5 Å². The quantitative estimate of drug-likeness (QED) is 0.0844. The van der Waals surface area contributed by atoms with Crippen molar-refractivity contribution in [3.63, 3.8) is 0 Å². The molecule has 2 aliphatic rings. The van der Waals surface area contributed by atoms with Crippen LogP contribution in [-0.2, 0) is 24.0 Å². The maximum atomic E-state index is 13.8. The van der Waals surface area contributed by atoms with Gasteiger partial charge in [-0.1, -0.05) is 73.9 Å². The molecule has 1 saturated carbocycles. The number of aliphatic hydroxyl groups excluding tert-OH is 3. The first kappa shape index (κ1) is 36.3. The van der Waals surface area contributed by atoms with Gasteiger partial charge in [0.2, 0.25) is 6.29 Å². The molecule has 0 amide bonds. The number of ether oxygens (including phenoxy) is 2. The Balaban J connectivity index is 1.32. The van der Waals surface area contributed by atoms with E-state index < -0.39 is 59.6 Å². The zero-order valence-electron chi connectivity index (χ0n) is 28.4. The second-order valence-corrected chi connectivity index (χ2v) is 13.8. The lowest BCUT2D eigenvalue weighted by atomic mass is 9.76. The molecule has 0 radical (unpaired) electrons. The molecule has 4 aromatic carbocycles. The molecule has 11 nitrogen and oxygen atoms in total. The van der Waals surface area contributed by atoms with E-state index in [0.29, 0.717) is 19.3 Å². The van der Waals surface area contributed by atoms with E-state index in [1.807, 2.05) is 42.5 Å². The highest BCUT2D eigenvalue weighted by Crippen LogP contribution is 2.46. The lowest BCUT2D eigenvalue weighted by Gasteiger charge is -2.48. The van der Waals surface area contributed by atoms with Gasteiger partial charge >= 0.3 is 5.97 Å². The van der Waals surface area contributed by atoms with Crippen LogP contribution in [0.15, 0.2) is 66.7 Å². The normalized spacial score (nSPS) is 23.2. The number of hydrogen-bond acceptors (Lipinski definition) is 10. The molecule has 0 bridgehead atoms. The smallest absolute Gasteiger partial charge is 0.335 e. The second-order valence-electron chi connectivity index (χ2n) is 13.8. The highest BCUT2D eigenvalue weighted by Gasteiger charge is 2.53. The van der Waals surface area contributed by atoms with Crippen LogP contribution < -0.4 is 4.74 Å². The Morgan fingerprint density at radius 3 is 2.14 bits per heavy atom. The van der Waals surface area contributed by atoms with Crippen molar-refractivity contribution in [1.82, 2.24) is 0 Å². The number of phenols is 2. The topological polar surface area (TPSA) is 194 Å². The van der Waals surface area contributed by atoms with E-state index in [0.717, 1.165) is 42.5 Å².